The second-order valence-electron chi connectivity index (χ2n) is 11.5. The van der Waals surface area contributed by atoms with Crippen molar-refractivity contribution in [2.45, 2.75) is 44.4 Å². The quantitative estimate of drug-likeness (QED) is 0.140. The number of carbonyl (C=O) groups excluding carboxylic acids is 2. The standard InChI is InChI=1S/C38H40N2O5/c1-4-21-40(3)24-34-36(29-9-6-5-7-10-29)37(30-17-15-28(25-41)16-18-30)45-38(44-34)31-19-13-27(14-20-31)22-35(43)39-33-12-8-11-32(23-33)26(2)42/h4-20,23,34,36-38,41H,1,21-22,24-25H2,2-3H3,(H,39,43)/t34-,36-,37+,38?/m1/s1. The lowest BCUT2D eigenvalue weighted by atomic mass is 9.83. The molecule has 0 radical (unpaired) electrons. The molecule has 0 spiro atoms. The third-order valence-corrected chi connectivity index (χ3v) is 8.07. The normalized spacial score (nSPS) is 19.6. The van der Waals surface area contributed by atoms with Gasteiger partial charge in [0, 0.05) is 35.8 Å². The predicted molar refractivity (Wildman–Crippen MR) is 176 cm³/mol. The third-order valence-electron chi connectivity index (χ3n) is 8.07. The lowest BCUT2D eigenvalue weighted by molar-refractivity contribution is -0.263. The van der Waals surface area contributed by atoms with Crippen molar-refractivity contribution in [1.29, 1.82) is 0 Å². The van der Waals surface area contributed by atoms with Gasteiger partial charge in [0.25, 0.3) is 0 Å². The molecule has 0 saturated carbocycles. The second-order valence-corrected chi connectivity index (χ2v) is 11.5. The van der Waals surface area contributed by atoms with E-state index in [2.05, 4.69) is 36.0 Å². The summed E-state index contributed by atoms with van der Waals surface area (Å²) in [7, 11) is 2.05. The van der Waals surface area contributed by atoms with Gasteiger partial charge in [0.1, 0.15) is 0 Å². The van der Waals surface area contributed by atoms with Gasteiger partial charge in [0.2, 0.25) is 5.91 Å². The molecule has 232 valence electrons. The molecule has 0 aliphatic carbocycles. The number of aliphatic hydroxyl groups excluding tert-OH is 1. The molecule has 0 bridgehead atoms. The minimum atomic E-state index is -0.633. The van der Waals surface area contributed by atoms with Crippen molar-refractivity contribution in [3.63, 3.8) is 0 Å². The number of aliphatic hydroxyl groups is 1. The number of anilines is 1. The molecule has 0 aromatic heterocycles. The maximum Gasteiger partial charge on any atom is 0.228 e. The number of ketones is 1. The van der Waals surface area contributed by atoms with Crippen LogP contribution < -0.4 is 5.32 Å². The second kappa shape index (κ2) is 15.1. The third kappa shape index (κ3) is 8.21. The predicted octanol–water partition coefficient (Wildman–Crippen LogP) is 6.62. The van der Waals surface area contributed by atoms with E-state index in [9.17, 15) is 14.7 Å². The summed E-state index contributed by atoms with van der Waals surface area (Å²) in [5.74, 6) is -0.307. The molecule has 7 nitrogen and oxygen atoms in total. The number of rotatable bonds is 12. The summed E-state index contributed by atoms with van der Waals surface area (Å²) in [5.41, 5.74) is 5.81. The fourth-order valence-corrected chi connectivity index (χ4v) is 5.77. The molecule has 1 aliphatic heterocycles. The first-order valence-corrected chi connectivity index (χ1v) is 15.2. The van der Waals surface area contributed by atoms with E-state index < -0.39 is 6.29 Å². The van der Waals surface area contributed by atoms with E-state index in [0.29, 0.717) is 17.8 Å². The van der Waals surface area contributed by atoms with Gasteiger partial charge in [-0.1, -0.05) is 97.1 Å². The van der Waals surface area contributed by atoms with Crippen LogP contribution in [0.15, 0.2) is 116 Å². The van der Waals surface area contributed by atoms with Crippen molar-refractivity contribution in [2.24, 2.45) is 0 Å². The molecule has 2 N–H and O–H groups in total. The van der Waals surface area contributed by atoms with Gasteiger partial charge in [0.15, 0.2) is 12.1 Å². The highest BCUT2D eigenvalue weighted by atomic mass is 16.7. The highest BCUT2D eigenvalue weighted by Crippen LogP contribution is 2.47. The summed E-state index contributed by atoms with van der Waals surface area (Å²) in [6.07, 6.45) is 0.926. The molecule has 1 fully saturated rings. The zero-order valence-electron chi connectivity index (χ0n) is 25.8. The van der Waals surface area contributed by atoms with E-state index in [-0.39, 0.29) is 42.8 Å². The Bertz CT molecular complexity index is 1590. The highest BCUT2D eigenvalue weighted by Gasteiger charge is 2.42. The van der Waals surface area contributed by atoms with Crippen molar-refractivity contribution in [3.8, 4) is 0 Å². The summed E-state index contributed by atoms with van der Waals surface area (Å²) < 4.78 is 13.5. The van der Waals surface area contributed by atoms with Crippen LogP contribution in [0.4, 0.5) is 5.69 Å². The number of nitrogens with zero attached hydrogens (tertiary/aromatic N) is 1. The van der Waals surface area contributed by atoms with Gasteiger partial charge in [0.05, 0.1) is 25.2 Å². The van der Waals surface area contributed by atoms with Crippen molar-refractivity contribution < 1.29 is 24.2 Å². The number of Topliss-reactive ketones (excluding diaryl/α,β-unsaturated/α-hetero) is 1. The van der Waals surface area contributed by atoms with Crippen molar-refractivity contribution in [2.75, 3.05) is 25.5 Å². The Morgan fingerprint density at radius 3 is 2.22 bits per heavy atom. The van der Waals surface area contributed by atoms with Gasteiger partial charge in [-0.15, -0.1) is 6.58 Å². The van der Waals surface area contributed by atoms with Crippen LogP contribution in [0.2, 0.25) is 0 Å². The summed E-state index contributed by atoms with van der Waals surface area (Å²) in [4.78, 5) is 26.7. The van der Waals surface area contributed by atoms with Gasteiger partial charge < -0.3 is 24.8 Å². The molecular weight excluding hydrogens is 564 g/mol. The van der Waals surface area contributed by atoms with Crippen LogP contribution in [0, 0.1) is 0 Å². The topological polar surface area (TPSA) is 88.1 Å². The molecule has 1 heterocycles. The Labute approximate surface area is 265 Å². The fraction of sp³-hybridized carbons (Fsp3) is 0.263. The Hall–Kier alpha value is -4.40. The van der Waals surface area contributed by atoms with Crippen molar-refractivity contribution in [1.82, 2.24) is 4.90 Å². The molecule has 45 heavy (non-hydrogen) atoms. The highest BCUT2D eigenvalue weighted by molar-refractivity contribution is 5.97. The summed E-state index contributed by atoms with van der Waals surface area (Å²) in [5, 5.41) is 12.5. The fourth-order valence-electron chi connectivity index (χ4n) is 5.77. The monoisotopic (exact) mass is 604 g/mol. The lowest BCUT2D eigenvalue weighted by Gasteiger charge is -2.44. The summed E-state index contributed by atoms with van der Waals surface area (Å²) in [6, 6.07) is 32.9. The Morgan fingerprint density at radius 2 is 1.56 bits per heavy atom. The number of likely N-dealkylation sites (N-methyl/N-ethyl adjacent to an activating group) is 1. The van der Waals surface area contributed by atoms with Crippen LogP contribution in [0.25, 0.3) is 0 Å². The first-order chi connectivity index (χ1) is 21.8. The lowest BCUT2D eigenvalue weighted by Crippen LogP contribution is -2.43. The zero-order valence-corrected chi connectivity index (χ0v) is 25.8. The average Bonchev–Trinajstić information content (AvgIpc) is 3.05. The Morgan fingerprint density at radius 1 is 0.867 bits per heavy atom. The van der Waals surface area contributed by atoms with Crippen molar-refractivity contribution in [3.05, 3.63) is 149 Å². The number of hydrogen-bond donors (Lipinski definition) is 2. The van der Waals surface area contributed by atoms with Gasteiger partial charge in [-0.25, -0.2) is 0 Å². The minimum Gasteiger partial charge on any atom is -0.392 e. The maximum atomic E-state index is 12.8. The number of hydrogen-bond acceptors (Lipinski definition) is 6. The molecule has 1 aliphatic rings. The first-order valence-electron chi connectivity index (χ1n) is 15.2. The molecule has 5 rings (SSSR count). The number of amides is 1. The number of nitrogens with one attached hydrogen (secondary N) is 1. The molecule has 4 aromatic carbocycles. The molecule has 7 heteroatoms. The van der Waals surface area contributed by atoms with E-state index in [0.717, 1.165) is 34.4 Å². The van der Waals surface area contributed by atoms with Gasteiger partial charge in [-0.2, -0.15) is 0 Å². The number of benzene rings is 4. The van der Waals surface area contributed by atoms with Crippen LogP contribution in [-0.4, -0.2) is 47.9 Å². The van der Waals surface area contributed by atoms with Crippen molar-refractivity contribution >= 4 is 17.4 Å². The molecule has 1 unspecified atom stereocenters. The molecule has 4 aromatic rings. The Kier molecular flexibility index (Phi) is 10.7. The van der Waals surface area contributed by atoms with Crippen LogP contribution >= 0.6 is 0 Å². The molecule has 1 amide bonds. The van der Waals surface area contributed by atoms with E-state index in [1.807, 2.05) is 72.8 Å². The summed E-state index contributed by atoms with van der Waals surface area (Å²) >= 11 is 0. The SMILES string of the molecule is C=CCN(C)C[C@H]1OC(c2ccc(CC(=O)Nc3cccc(C(C)=O)c3)cc2)O[C@@H](c2ccc(CO)cc2)[C@@H]1c1ccccc1. The van der Waals surface area contributed by atoms with E-state index in [4.69, 9.17) is 9.47 Å². The van der Waals surface area contributed by atoms with E-state index in [1.54, 1.807) is 24.3 Å². The van der Waals surface area contributed by atoms with Crippen LogP contribution in [0.5, 0.6) is 0 Å². The largest absolute Gasteiger partial charge is 0.392 e. The van der Waals surface area contributed by atoms with Gasteiger partial charge in [-0.3, -0.25) is 9.59 Å². The molecule has 4 atom stereocenters. The summed E-state index contributed by atoms with van der Waals surface area (Å²) in [6.45, 7) is 6.77. The molecular formula is C38H40N2O5. The average molecular weight is 605 g/mol. The van der Waals surface area contributed by atoms with E-state index >= 15 is 0 Å². The molecule has 1 saturated heterocycles. The maximum absolute atomic E-state index is 12.8. The van der Waals surface area contributed by atoms with Gasteiger partial charge >= 0.3 is 0 Å². The zero-order chi connectivity index (χ0) is 31.8. The first kappa shape index (κ1) is 32.0. The smallest absolute Gasteiger partial charge is 0.228 e. The van der Waals surface area contributed by atoms with E-state index in [1.165, 1.54) is 6.92 Å². The van der Waals surface area contributed by atoms with Crippen LogP contribution in [-0.2, 0) is 27.3 Å². The minimum absolute atomic E-state index is 0.0240. The van der Waals surface area contributed by atoms with Gasteiger partial charge in [-0.05, 0) is 48.4 Å². The van der Waals surface area contributed by atoms with Crippen LogP contribution in [0.3, 0.4) is 0 Å². The number of carbonyl (C=O) groups is 2. The Balaban J connectivity index is 1.39. The van der Waals surface area contributed by atoms with Crippen LogP contribution in [0.1, 0.15) is 63.4 Å². The number of ether oxygens (including phenoxy) is 2.